The molecule has 0 aromatic heterocycles. The van der Waals surface area contributed by atoms with Crippen LogP contribution >= 0.6 is 0 Å². The molecule has 0 saturated heterocycles. The Labute approximate surface area is 117 Å². The van der Waals surface area contributed by atoms with Gasteiger partial charge in [-0.25, -0.2) is 4.39 Å². The van der Waals surface area contributed by atoms with E-state index in [9.17, 15) is 4.39 Å². The minimum atomic E-state index is -0.169. The van der Waals surface area contributed by atoms with Gasteiger partial charge in [0.2, 0.25) is 0 Å². The molecule has 3 heteroatoms. The van der Waals surface area contributed by atoms with Crippen LogP contribution in [-0.4, -0.2) is 31.1 Å². The molecule has 1 aromatic rings. The highest BCUT2D eigenvalue weighted by Gasteiger charge is 2.09. The Bertz CT molecular complexity index is 348. The predicted octanol–water partition coefficient (Wildman–Crippen LogP) is 3.28. The summed E-state index contributed by atoms with van der Waals surface area (Å²) in [5, 5.41) is 3.47. The van der Waals surface area contributed by atoms with Crippen molar-refractivity contribution in [2.45, 2.75) is 39.8 Å². The number of hydrogen-bond acceptors (Lipinski definition) is 2. The fraction of sp³-hybridized carbons (Fsp3) is 0.625. The molecule has 1 rings (SSSR count). The van der Waals surface area contributed by atoms with Crippen molar-refractivity contribution in [2.75, 3.05) is 20.1 Å². The first-order valence-electron chi connectivity index (χ1n) is 7.14. The van der Waals surface area contributed by atoms with Crippen molar-refractivity contribution in [2.24, 2.45) is 5.92 Å². The molecule has 2 nitrogen and oxygen atoms in total. The lowest BCUT2D eigenvalue weighted by atomic mass is 10.1. The fourth-order valence-electron chi connectivity index (χ4n) is 1.96. The quantitative estimate of drug-likeness (QED) is 0.726. The van der Waals surface area contributed by atoms with Gasteiger partial charge in [-0.15, -0.1) is 0 Å². The summed E-state index contributed by atoms with van der Waals surface area (Å²) in [6, 6.07) is 7.28. The van der Waals surface area contributed by atoms with Gasteiger partial charge in [0, 0.05) is 12.6 Å². The van der Waals surface area contributed by atoms with Crippen molar-refractivity contribution in [3.63, 3.8) is 0 Å². The summed E-state index contributed by atoms with van der Waals surface area (Å²) in [7, 11) is 2.12. The van der Waals surface area contributed by atoms with E-state index in [0.29, 0.717) is 12.0 Å². The van der Waals surface area contributed by atoms with E-state index >= 15 is 0 Å². The second-order valence-corrected chi connectivity index (χ2v) is 5.78. The van der Waals surface area contributed by atoms with Crippen LogP contribution < -0.4 is 5.32 Å². The standard InChI is InChI=1S/C16H27FN2/c1-13(2)11-18-10-9-14(3)19(4)12-15-5-7-16(17)8-6-15/h5-8,13-14,18H,9-12H2,1-4H3. The fourth-order valence-corrected chi connectivity index (χ4v) is 1.96. The second-order valence-electron chi connectivity index (χ2n) is 5.78. The van der Waals surface area contributed by atoms with E-state index < -0.39 is 0 Å². The van der Waals surface area contributed by atoms with E-state index in [4.69, 9.17) is 0 Å². The highest BCUT2D eigenvalue weighted by molar-refractivity contribution is 5.15. The summed E-state index contributed by atoms with van der Waals surface area (Å²) in [6.45, 7) is 9.67. The van der Waals surface area contributed by atoms with E-state index in [2.05, 4.69) is 38.0 Å². The smallest absolute Gasteiger partial charge is 0.123 e. The lowest BCUT2D eigenvalue weighted by molar-refractivity contribution is 0.236. The molecular weight excluding hydrogens is 239 g/mol. The normalized spacial score (nSPS) is 13.2. The molecule has 108 valence electrons. The number of rotatable bonds is 8. The van der Waals surface area contributed by atoms with Crippen LogP contribution in [0.25, 0.3) is 0 Å². The number of nitrogens with one attached hydrogen (secondary N) is 1. The van der Waals surface area contributed by atoms with Crippen molar-refractivity contribution >= 4 is 0 Å². The molecular formula is C16H27FN2. The highest BCUT2D eigenvalue weighted by Crippen LogP contribution is 2.09. The summed E-state index contributed by atoms with van der Waals surface area (Å²) in [5.41, 5.74) is 1.16. The molecule has 0 aliphatic rings. The van der Waals surface area contributed by atoms with Crippen molar-refractivity contribution in [3.8, 4) is 0 Å². The van der Waals surface area contributed by atoms with Gasteiger partial charge in [-0.05, 0) is 57.1 Å². The minimum Gasteiger partial charge on any atom is -0.316 e. The lowest BCUT2D eigenvalue weighted by Crippen LogP contribution is -2.32. The van der Waals surface area contributed by atoms with Gasteiger partial charge in [0.05, 0.1) is 0 Å². The van der Waals surface area contributed by atoms with Gasteiger partial charge in [-0.2, -0.15) is 0 Å². The van der Waals surface area contributed by atoms with Crippen LogP contribution in [0.4, 0.5) is 4.39 Å². The Morgan fingerprint density at radius 1 is 1.16 bits per heavy atom. The van der Waals surface area contributed by atoms with E-state index in [1.165, 1.54) is 12.1 Å². The summed E-state index contributed by atoms with van der Waals surface area (Å²) >= 11 is 0. The maximum absolute atomic E-state index is 12.8. The van der Waals surface area contributed by atoms with Crippen LogP contribution in [0, 0.1) is 11.7 Å². The van der Waals surface area contributed by atoms with Crippen LogP contribution in [0.3, 0.4) is 0 Å². The van der Waals surface area contributed by atoms with Gasteiger partial charge in [0.25, 0.3) is 0 Å². The monoisotopic (exact) mass is 266 g/mol. The molecule has 0 fully saturated rings. The Balaban J connectivity index is 2.28. The molecule has 0 bridgehead atoms. The van der Waals surface area contributed by atoms with E-state index in [-0.39, 0.29) is 5.82 Å². The van der Waals surface area contributed by atoms with Crippen LogP contribution in [0.1, 0.15) is 32.8 Å². The number of halogens is 1. The van der Waals surface area contributed by atoms with Gasteiger partial charge in [-0.3, -0.25) is 4.90 Å². The minimum absolute atomic E-state index is 0.169. The molecule has 19 heavy (non-hydrogen) atoms. The molecule has 0 amide bonds. The average molecular weight is 266 g/mol. The SMILES string of the molecule is CC(C)CNCCC(C)N(C)Cc1ccc(F)cc1. The summed E-state index contributed by atoms with van der Waals surface area (Å²) < 4.78 is 12.8. The van der Waals surface area contributed by atoms with Gasteiger partial charge in [0.1, 0.15) is 5.82 Å². The molecule has 0 spiro atoms. The van der Waals surface area contributed by atoms with Gasteiger partial charge in [0.15, 0.2) is 0 Å². The Hall–Kier alpha value is -0.930. The maximum Gasteiger partial charge on any atom is 0.123 e. The maximum atomic E-state index is 12.8. The molecule has 0 saturated carbocycles. The number of hydrogen-bond donors (Lipinski definition) is 1. The zero-order valence-corrected chi connectivity index (χ0v) is 12.6. The molecule has 0 heterocycles. The van der Waals surface area contributed by atoms with Crippen LogP contribution in [0.2, 0.25) is 0 Å². The van der Waals surface area contributed by atoms with Crippen LogP contribution in [0.15, 0.2) is 24.3 Å². The lowest BCUT2D eigenvalue weighted by Gasteiger charge is -2.25. The zero-order chi connectivity index (χ0) is 14.3. The second kappa shape index (κ2) is 8.28. The third-order valence-corrected chi connectivity index (χ3v) is 3.39. The average Bonchev–Trinajstić information content (AvgIpc) is 2.36. The molecule has 1 atom stereocenters. The van der Waals surface area contributed by atoms with Gasteiger partial charge < -0.3 is 5.32 Å². The topological polar surface area (TPSA) is 15.3 Å². The van der Waals surface area contributed by atoms with Crippen molar-refractivity contribution in [3.05, 3.63) is 35.6 Å². The Morgan fingerprint density at radius 3 is 2.37 bits per heavy atom. The summed E-state index contributed by atoms with van der Waals surface area (Å²) in [5.74, 6) is 0.532. The summed E-state index contributed by atoms with van der Waals surface area (Å²) in [6.07, 6.45) is 1.13. The highest BCUT2D eigenvalue weighted by atomic mass is 19.1. The summed E-state index contributed by atoms with van der Waals surface area (Å²) in [4.78, 5) is 2.31. The zero-order valence-electron chi connectivity index (χ0n) is 12.6. The molecule has 1 unspecified atom stereocenters. The van der Waals surface area contributed by atoms with E-state index in [1.807, 2.05) is 12.1 Å². The van der Waals surface area contributed by atoms with Crippen molar-refractivity contribution in [1.82, 2.24) is 10.2 Å². The van der Waals surface area contributed by atoms with Crippen molar-refractivity contribution < 1.29 is 4.39 Å². The first kappa shape index (κ1) is 16.1. The Morgan fingerprint density at radius 2 is 1.79 bits per heavy atom. The van der Waals surface area contributed by atoms with Crippen LogP contribution in [-0.2, 0) is 6.54 Å². The Kier molecular flexibility index (Phi) is 7.03. The van der Waals surface area contributed by atoms with Crippen LogP contribution in [0.5, 0.6) is 0 Å². The number of nitrogens with zero attached hydrogens (tertiary/aromatic N) is 1. The predicted molar refractivity (Wildman–Crippen MR) is 79.7 cm³/mol. The molecule has 0 aliphatic heterocycles. The van der Waals surface area contributed by atoms with Crippen molar-refractivity contribution in [1.29, 1.82) is 0 Å². The van der Waals surface area contributed by atoms with Gasteiger partial charge >= 0.3 is 0 Å². The van der Waals surface area contributed by atoms with E-state index in [1.54, 1.807) is 0 Å². The third kappa shape index (κ3) is 6.69. The largest absolute Gasteiger partial charge is 0.316 e. The third-order valence-electron chi connectivity index (χ3n) is 3.39. The van der Waals surface area contributed by atoms with E-state index in [0.717, 1.165) is 31.6 Å². The molecule has 0 aliphatic carbocycles. The van der Waals surface area contributed by atoms with Gasteiger partial charge in [-0.1, -0.05) is 26.0 Å². The molecule has 0 radical (unpaired) electrons. The first-order valence-corrected chi connectivity index (χ1v) is 7.14. The number of benzene rings is 1. The first-order chi connectivity index (χ1) is 8.99. The molecule has 1 aromatic carbocycles. The molecule has 1 N–H and O–H groups in total.